The Morgan fingerprint density at radius 1 is 1.30 bits per heavy atom. The topological polar surface area (TPSA) is 21.3 Å². The van der Waals surface area contributed by atoms with Crippen LogP contribution in [0.15, 0.2) is 22.7 Å². The van der Waals surface area contributed by atoms with Gasteiger partial charge < -0.3 is 10.1 Å². The predicted molar refractivity (Wildman–Crippen MR) is 90.5 cm³/mol. The minimum absolute atomic E-state index is 0.304. The Morgan fingerprint density at radius 2 is 2.00 bits per heavy atom. The Labute approximate surface area is 132 Å². The summed E-state index contributed by atoms with van der Waals surface area (Å²) in [5.74, 6) is 1.61. The molecule has 0 aliphatic heterocycles. The molecule has 0 amide bonds. The quantitative estimate of drug-likeness (QED) is 0.694. The lowest BCUT2D eigenvalue weighted by atomic mass is 9.82. The number of nitrogens with one attached hydrogen (secondary N) is 1. The van der Waals surface area contributed by atoms with Crippen molar-refractivity contribution < 1.29 is 4.74 Å². The van der Waals surface area contributed by atoms with E-state index in [2.05, 4.69) is 61.1 Å². The van der Waals surface area contributed by atoms with E-state index in [0.29, 0.717) is 5.41 Å². The molecule has 0 heterocycles. The summed E-state index contributed by atoms with van der Waals surface area (Å²) in [5.41, 5.74) is 1.66. The maximum atomic E-state index is 5.28. The number of hydrogen-bond acceptors (Lipinski definition) is 2. The average molecular weight is 342 g/mol. The van der Waals surface area contributed by atoms with Crippen molar-refractivity contribution in [3.05, 3.63) is 28.2 Å². The van der Waals surface area contributed by atoms with Gasteiger partial charge in [0.1, 0.15) is 5.75 Å². The summed E-state index contributed by atoms with van der Waals surface area (Å²) in [6, 6.07) is 6.36. The smallest absolute Gasteiger partial charge is 0.133 e. The first kappa shape index (κ1) is 17.5. The molecule has 0 radical (unpaired) electrons. The molecule has 0 unspecified atom stereocenters. The van der Waals surface area contributed by atoms with Gasteiger partial charge in [0, 0.05) is 0 Å². The molecule has 114 valence electrons. The molecule has 1 rings (SSSR count). The van der Waals surface area contributed by atoms with Gasteiger partial charge >= 0.3 is 0 Å². The fraction of sp³-hybridized carbons (Fsp3) is 0.647. The third kappa shape index (κ3) is 6.27. The Balaban J connectivity index is 2.50. The van der Waals surface area contributed by atoms with Gasteiger partial charge in [0.2, 0.25) is 0 Å². The van der Waals surface area contributed by atoms with Crippen LogP contribution in [0.4, 0.5) is 0 Å². The van der Waals surface area contributed by atoms with Gasteiger partial charge in [0.05, 0.1) is 11.6 Å². The molecule has 0 spiro atoms. The Bertz CT molecular complexity index is 415. The van der Waals surface area contributed by atoms with E-state index in [-0.39, 0.29) is 0 Å². The minimum Gasteiger partial charge on any atom is -0.496 e. The van der Waals surface area contributed by atoms with Crippen molar-refractivity contribution >= 4 is 15.9 Å². The highest BCUT2D eigenvalue weighted by atomic mass is 79.9. The van der Waals surface area contributed by atoms with Crippen LogP contribution >= 0.6 is 15.9 Å². The molecular weight excluding hydrogens is 314 g/mol. The van der Waals surface area contributed by atoms with Gasteiger partial charge in [-0.15, -0.1) is 0 Å². The second kappa shape index (κ2) is 8.04. The van der Waals surface area contributed by atoms with Crippen LogP contribution in [0.3, 0.4) is 0 Å². The zero-order chi connectivity index (χ0) is 15.2. The molecule has 1 N–H and O–H groups in total. The normalized spacial score (nSPS) is 11.9. The van der Waals surface area contributed by atoms with E-state index in [1.807, 2.05) is 6.07 Å². The lowest BCUT2D eigenvalue weighted by Gasteiger charge is -2.25. The zero-order valence-electron chi connectivity index (χ0n) is 13.4. The summed E-state index contributed by atoms with van der Waals surface area (Å²) in [7, 11) is 1.70. The molecule has 0 bridgehead atoms. The van der Waals surface area contributed by atoms with Gasteiger partial charge in [-0.2, -0.15) is 0 Å². The molecule has 0 aliphatic carbocycles. The van der Waals surface area contributed by atoms with Crippen LogP contribution in [-0.2, 0) is 6.42 Å². The largest absolute Gasteiger partial charge is 0.496 e. The van der Waals surface area contributed by atoms with Crippen LogP contribution in [0.25, 0.3) is 0 Å². The van der Waals surface area contributed by atoms with E-state index < -0.39 is 0 Å². The average Bonchev–Trinajstić information content (AvgIpc) is 2.34. The Kier molecular flexibility index (Phi) is 7.04. The molecule has 0 fully saturated rings. The number of ether oxygens (including phenoxy) is 1. The number of halogens is 1. The number of hydrogen-bond donors (Lipinski definition) is 1. The predicted octanol–water partition coefficient (Wildman–Crippen LogP) is 4.66. The lowest BCUT2D eigenvalue weighted by molar-refractivity contribution is 0.322. The molecular formula is C17H28BrNO. The third-order valence-corrected chi connectivity index (χ3v) is 4.05. The summed E-state index contributed by atoms with van der Waals surface area (Å²) >= 11 is 3.56. The molecule has 0 aliphatic rings. The van der Waals surface area contributed by atoms with E-state index in [9.17, 15) is 0 Å². The van der Waals surface area contributed by atoms with Gasteiger partial charge in [-0.05, 0) is 70.9 Å². The highest BCUT2D eigenvalue weighted by Gasteiger charge is 2.18. The van der Waals surface area contributed by atoms with Crippen LogP contribution in [0, 0.1) is 11.3 Å². The van der Waals surface area contributed by atoms with Crippen molar-refractivity contribution in [3.63, 3.8) is 0 Å². The maximum absolute atomic E-state index is 5.28. The molecule has 0 aromatic heterocycles. The van der Waals surface area contributed by atoms with Gasteiger partial charge in [-0.3, -0.25) is 0 Å². The Morgan fingerprint density at radius 3 is 2.55 bits per heavy atom. The zero-order valence-corrected chi connectivity index (χ0v) is 15.0. The molecule has 1 aromatic rings. The first-order valence-corrected chi connectivity index (χ1v) is 8.16. The second-order valence-corrected chi connectivity index (χ2v) is 7.51. The Hall–Kier alpha value is -0.540. The number of benzene rings is 1. The summed E-state index contributed by atoms with van der Waals surface area (Å²) in [6.07, 6.45) is 2.27. The van der Waals surface area contributed by atoms with Crippen molar-refractivity contribution in [1.29, 1.82) is 0 Å². The maximum Gasteiger partial charge on any atom is 0.133 e. The first-order valence-electron chi connectivity index (χ1n) is 7.37. The standard InChI is InChI=1S/C17H28BrNO/c1-13(2)12-19-9-8-17(3,4)11-14-6-7-16(20-5)15(18)10-14/h6-7,10,13,19H,8-9,11-12H2,1-5H3. The van der Waals surface area contributed by atoms with E-state index >= 15 is 0 Å². The van der Waals surface area contributed by atoms with Crippen molar-refractivity contribution in [2.75, 3.05) is 20.2 Å². The van der Waals surface area contributed by atoms with Crippen LogP contribution in [0.5, 0.6) is 5.75 Å². The molecule has 20 heavy (non-hydrogen) atoms. The highest BCUT2D eigenvalue weighted by molar-refractivity contribution is 9.10. The van der Waals surface area contributed by atoms with Crippen molar-refractivity contribution in [2.24, 2.45) is 11.3 Å². The van der Waals surface area contributed by atoms with Gasteiger partial charge in [-0.25, -0.2) is 0 Å². The number of rotatable bonds is 8. The van der Waals surface area contributed by atoms with Crippen LogP contribution in [-0.4, -0.2) is 20.2 Å². The van der Waals surface area contributed by atoms with E-state index in [4.69, 9.17) is 4.74 Å². The van der Waals surface area contributed by atoms with Crippen molar-refractivity contribution in [2.45, 2.75) is 40.5 Å². The number of methoxy groups -OCH3 is 1. The summed E-state index contributed by atoms with van der Waals surface area (Å²) in [4.78, 5) is 0. The summed E-state index contributed by atoms with van der Waals surface area (Å²) in [6.45, 7) is 11.3. The van der Waals surface area contributed by atoms with Crippen LogP contribution < -0.4 is 10.1 Å². The molecule has 0 saturated carbocycles. The molecule has 0 saturated heterocycles. The molecule has 2 nitrogen and oxygen atoms in total. The minimum atomic E-state index is 0.304. The van der Waals surface area contributed by atoms with Gasteiger partial charge in [0.25, 0.3) is 0 Å². The van der Waals surface area contributed by atoms with Crippen LogP contribution in [0.1, 0.15) is 39.7 Å². The third-order valence-electron chi connectivity index (χ3n) is 3.43. The van der Waals surface area contributed by atoms with E-state index in [1.54, 1.807) is 7.11 Å². The lowest BCUT2D eigenvalue weighted by Crippen LogP contribution is -2.26. The monoisotopic (exact) mass is 341 g/mol. The summed E-state index contributed by atoms with van der Waals surface area (Å²) < 4.78 is 6.31. The molecule has 3 heteroatoms. The second-order valence-electron chi connectivity index (χ2n) is 6.66. The van der Waals surface area contributed by atoms with Gasteiger partial charge in [0.15, 0.2) is 0 Å². The van der Waals surface area contributed by atoms with E-state index in [1.165, 1.54) is 12.0 Å². The fourth-order valence-corrected chi connectivity index (χ4v) is 2.87. The fourth-order valence-electron chi connectivity index (χ4n) is 2.28. The van der Waals surface area contributed by atoms with Gasteiger partial charge in [-0.1, -0.05) is 33.8 Å². The highest BCUT2D eigenvalue weighted by Crippen LogP contribution is 2.30. The summed E-state index contributed by atoms with van der Waals surface area (Å²) in [5, 5.41) is 3.53. The van der Waals surface area contributed by atoms with Crippen molar-refractivity contribution in [1.82, 2.24) is 5.32 Å². The molecule has 0 atom stereocenters. The SMILES string of the molecule is COc1ccc(CC(C)(C)CCNCC(C)C)cc1Br. The van der Waals surface area contributed by atoms with E-state index in [0.717, 1.165) is 35.7 Å². The first-order chi connectivity index (χ1) is 9.34. The van der Waals surface area contributed by atoms with Crippen LogP contribution in [0.2, 0.25) is 0 Å². The van der Waals surface area contributed by atoms with Crippen molar-refractivity contribution in [3.8, 4) is 5.75 Å². The molecule has 1 aromatic carbocycles.